The number of para-hydroxylation sites is 2. The van der Waals surface area contributed by atoms with Crippen LogP contribution in [-0.4, -0.2) is 17.7 Å². The van der Waals surface area contributed by atoms with Crippen LogP contribution < -0.4 is 10.2 Å². The molecule has 3 aliphatic rings. The predicted octanol–water partition coefficient (Wildman–Crippen LogP) is 3.81. The number of nitrogens with zero attached hydrogens (tertiary/aromatic N) is 1. The van der Waals surface area contributed by atoms with Crippen LogP contribution in [0.3, 0.4) is 0 Å². The lowest BCUT2D eigenvalue weighted by atomic mass is 9.85. The van der Waals surface area contributed by atoms with E-state index in [1.165, 1.54) is 4.90 Å². The number of imide groups is 1. The van der Waals surface area contributed by atoms with Crippen molar-refractivity contribution in [3.05, 3.63) is 71.8 Å². The highest BCUT2D eigenvalue weighted by Gasteiger charge is 2.59. The van der Waals surface area contributed by atoms with Crippen molar-refractivity contribution in [2.24, 2.45) is 23.7 Å². The largest absolute Gasteiger partial charge is 0.322 e. The fourth-order valence-electron chi connectivity index (χ4n) is 5.14. The zero-order valence-corrected chi connectivity index (χ0v) is 16.2. The Morgan fingerprint density at radius 2 is 1.59 bits per heavy atom. The first-order chi connectivity index (χ1) is 14.1. The molecule has 1 N–H and O–H groups in total. The van der Waals surface area contributed by atoms with Crippen LogP contribution in [0.5, 0.6) is 0 Å². The summed E-state index contributed by atoms with van der Waals surface area (Å²) in [6, 6.07) is 14.5. The van der Waals surface area contributed by atoms with Crippen molar-refractivity contribution in [1.82, 2.24) is 0 Å². The second-order valence-corrected chi connectivity index (χ2v) is 7.99. The average Bonchev–Trinajstić information content (AvgIpc) is 3.42. The third-order valence-electron chi connectivity index (χ3n) is 6.51. The summed E-state index contributed by atoms with van der Waals surface area (Å²) in [5, 5.41) is 2.95. The van der Waals surface area contributed by atoms with Gasteiger partial charge in [-0.3, -0.25) is 14.4 Å². The van der Waals surface area contributed by atoms with Gasteiger partial charge in [0, 0.05) is 5.69 Å². The molecular weight excluding hydrogens is 364 g/mol. The molecule has 1 saturated carbocycles. The number of aryl methyl sites for hydroxylation is 1. The van der Waals surface area contributed by atoms with Crippen LogP contribution in [0, 0.1) is 23.7 Å². The highest BCUT2D eigenvalue weighted by Crippen LogP contribution is 2.53. The Morgan fingerprint density at radius 3 is 2.28 bits per heavy atom. The Bertz CT molecular complexity index is 1030. The first-order valence-electron chi connectivity index (χ1n) is 10.1. The summed E-state index contributed by atoms with van der Waals surface area (Å²) < 4.78 is 0. The van der Waals surface area contributed by atoms with Gasteiger partial charge >= 0.3 is 0 Å². The zero-order chi connectivity index (χ0) is 20.1. The second-order valence-electron chi connectivity index (χ2n) is 7.99. The Kier molecular flexibility index (Phi) is 4.12. The van der Waals surface area contributed by atoms with E-state index in [9.17, 15) is 14.4 Å². The molecule has 2 aromatic rings. The Hall–Kier alpha value is -3.21. The molecule has 29 heavy (non-hydrogen) atoms. The van der Waals surface area contributed by atoms with Crippen molar-refractivity contribution in [2.45, 2.75) is 19.8 Å². The van der Waals surface area contributed by atoms with Gasteiger partial charge in [-0.1, -0.05) is 49.4 Å². The lowest BCUT2D eigenvalue weighted by Crippen LogP contribution is -2.34. The summed E-state index contributed by atoms with van der Waals surface area (Å²) in [5.74, 6) is -0.950. The van der Waals surface area contributed by atoms with Gasteiger partial charge in [-0.25, -0.2) is 4.90 Å². The predicted molar refractivity (Wildman–Crippen MR) is 110 cm³/mol. The van der Waals surface area contributed by atoms with Gasteiger partial charge in [-0.15, -0.1) is 0 Å². The molecule has 2 aliphatic carbocycles. The van der Waals surface area contributed by atoms with E-state index in [2.05, 4.69) is 17.5 Å². The molecule has 4 atom stereocenters. The zero-order valence-electron chi connectivity index (χ0n) is 16.2. The number of rotatable bonds is 4. The lowest BCUT2D eigenvalue weighted by molar-refractivity contribution is -0.123. The molecule has 3 amide bonds. The van der Waals surface area contributed by atoms with E-state index in [0.717, 1.165) is 24.1 Å². The van der Waals surface area contributed by atoms with E-state index in [4.69, 9.17) is 0 Å². The lowest BCUT2D eigenvalue weighted by Gasteiger charge is -2.20. The molecule has 5 nitrogen and oxygen atoms in total. The standard InChI is InChI=1S/C24H22N2O3/c1-2-14-7-3-5-9-18(14)25-22(27)17-8-4-6-10-19(17)26-23(28)20-15-11-12-16(13-15)21(20)24(26)29/h3-12,15-16,20-21H,2,13H2,1H3,(H,25,27)/t15-,16-,20+,21+/m0/s1. The van der Waals surface area contributed by atoms with E-state index in [1.54, 1.807) is 24.3 Å². The van der Waals surface area contributed by atoms with Gasteiger partial charge in [0.25, 0.3) is 5.91 Å². The van der Waals surface area contributed by atoms with E-state index in [-0.39, 0.29) is 41.4 Å². The molecule has 0 spiro atoms. The smallest absolute Gasteiger partial charge is 0.257 e. The molecule has 0 aromatic heterocycles. The number of anilines is 2. The molecular formula is C24H22N2O3. The number of benzene rings is 2. The normalized spacial score (nSPS) is 26.9. The number of hydrogen-bond donors (Lipinski definition) is 1. The molecule has 2 bridgehead atoms. The van der Waals surface area contributed by atoms with Crippen LogP contribution in [0.4, 0.5) is 11.4 Å². The maximum Gasteiger partial charge on any atom is 0.257 e. The topological polar surface area (TPSA) is 66.5 Å². The maximum absolute atomic E-state index is 13.2. The quantitative estimate of drug-likeness (QED) is 0.642. The summed E-state index contributed by atoms with van der Waals surface area (Å²) in [5.41, 5.74) is 2.49. The van der Waals surface area contributed by atoms with Crippen molar-refractivity contribution in [3.63, 3.8) is 0 Å². The van der Waals surface area contributed by atoms with Crippen LogP contribution >= 0.6 is 0 Å². The first-order valence-corrected chi connectivity index (χ1v) is 10.1. The fraction of sp³-hybridized carbons (Fsp3) is 0.292. The van der Waals surface area contributed by atoms with Crippen LogP contribution in [0.2, 0.25) is 0 Å². The van der Waals surface area contributed by atoms with E-state index in [0.29, 0.717) is 11.3 Å². The average molecular weight is 386 g/mol. The van der Waals surface area contributed by atoms with Crippen molar-refractivity contribution in [1.29, 1.82) is 0 Å². The highest BCUT2D eigenvalue weighted by molar-refractivity contribution is 6.25. The number of hydrogen-bond acceptors (Lipinski definition) is 3. The highest BCUT2D eigenvalue weighted by atomic mass is 16.2. The van der Waals surface area contributed by atoms with Gasteiger partial charge in [0.15, 0.2) is 0 Å². The van der Waals surface area contributed by atoms with Gasteiger partial charge < -0.3 is 5.32 Å². The summed E-state index contributed by atoms with van der Waals surface area (Å²) >= 11 is 0. The van der Waals surface area contributed by atoms with Gasteiger partial charge in [-0.05, 0) is 48.4 Å². The molecule has 1 heterocycles. The third kappa shape index (κ3) is 2.64. The molecule has 0 radical (unpaired) electrons. The van der Waals surface area contributed by atoms with Gasteiger partial charge in [0.05, 0.1) is 23.1 Å². The van der Waals surface area contributed by atoms with E-state index >= 15 is 0 Å². The van der Waals surface area contributed by atoms with Gasteiger partial charge in [0.2, 0.25) is 11.8 Å². The molecule has 2 fully saturated rings. The molecule has 5 rings (SSSR count). The SMILES string of the molecule is CCc1ccccc1NC(=O)c1ccccc1N1C(=O)[C@H]2[C@H](C1=O)[C@H]1C=C[C@H]2C1. The molecule has 0 unspecified atom stereocenters. The van der Waals surface area contributed by atoms with E-state index < -0.39 is 0 Å². The Labute approximate surface area is 169 Å². The molecule has 1 aliphatic heterocycles. The minimum absolute atomic E-state index is 0.142. The third-order valence-corrected chi connectivity index (χ3v) is 6.51. The summed E-state index contributed by atoms with van der Waals surface area (Å²) in [4.78, 5) is 40.7. The maximum atomic E-state index is 13.2. The Morgan fingerprint density at radius 1 is 0.966 bits per heavy atom. The van der Waals surface area contributed by atoms with Crippen molar-refractivity contribution in [2.75, 3.05) is 10.2 Å². The number of nitrogens with one attached hydrogen (secondary N) is 1. The molecule has 2 aromatic carbocycles. The van der Waals surface area contributed by atoms with Gasteiger partial charge in [-0.2, -0.15) is 0 Å². The number of fused-ring (bicyclic) bond motifs is 5. The first kappa shape index (κ1) is 17.9. The van der Waals surface area contributed by atoms with Crippen LogP contribution in [0.15, 0.2) is 60.7 Å². The van der Waals surface area contributed by atoms with E-state index in [1.807, 2.05) is 31.2 Å². The summed E-state index contributed by atoms with van der Waals surface area (Å²) in [7, 11) is 0. The van der Waals surface area contributed by atoms with Crippen LogP contribution in [-0.2, 0) is 16.0 Å². The Balaban J connectivity index is 1.48. The van der Waals surface area contributed by atoms with Crippen molar-refractivity contribution < 1.29 is 14.4 Å². The number of amides is 3. The summed E-state index contributed by atoms with van der Waals surface area (Å²) in [6.07, 6.45) is 5.82. The molecule has 1 saturated heterocycles. The minimum Gasteiger partial charge on any atom is -0.322 e. The van der Waals surface area contributed by atoms with Gasteiger partial charge in [0.1, 0.15) is 0 Å². The summed E-state index contributed by atoms with van der Waals surface area (Å²) in [6.45, 7) is 2.03. The number of carbonyl (C=O) groups is 3. The van der Waals surface area contributed by atoms with Crippen molar-refractivity contribution in [3.8, 4) is 0 Å². The molecule has 5 heteroatoms. The fourth-order valence-corrected chi connectivity index (χ4v) is 5.14. The second kappa shape index (κ2) is 6.69. The van der Waals surface area contributed by atoms with Crippen LogP contribution in [0.1, 0.15) is 29.3 Å². The van der Waals surface area contributed by atoms with Crippen molar-refractivity contribution >= 4 is 29.1 Å². The monoisotopic (exact) mass is 386 g/mol. The minimum atomic E-state index is -0.319. The van der Waals surface area contributed by atoms with Crippen LogP contribution in [0.25, 0.3) is 0 Å². The number of allylic oxidation sites excluding steroid dienone is 2. The molecule has 146 valence electrons. The number of carbonyl (C=O) groups excluding carboxylic acids is 3.